The number of fused-ring (bicyclic) bond motifs is 1. The highest BCUT2D eigenvalue weighted by molar-refractivity contribution is 5.98. The summed E-state index contributed by atoms with van der Waals surface area (Å²) < 4.78 is 12.5. The summed E-state index contributed by atoms with van der Waals surface area (Å²) in [5.41, 5.74) is 3.91. The molecule has 31 heavy (non-hydrogen) atoms. The first-order valence-electron chi connectivity index (χ1n) is 9.96. The molecule has 2 aromatic heterocycles. The number of aromatic amines is 1. The van der Waals surface area contributed by atoms with E-state index in [-0.39, 0.29) is 24.1 Å². The van der Waals surface area contributed by atoms with E-state index in [0.29, 0.717) is 25.1 Å². The smallest absolute Gasteiger partial charge is 0.293 e. The van der Waals surface area contributed by atoms with Crippen molar-refractivity contribution in [3.8, 4) is 16.9 Å². The molecule has 1 aliphatic rings. The first-order chi connectivity index (χ1) is 15.1. The highest BCUT2D eigenvalue weighted by Gasteiger charge is 2.21. The molecule has 3 heterocycles. The Kier molecular flexibility index (Phi) is 6.03. The number of aromatic hydroxyl groups is 1. The number of amides is 1. The molecule has 160 valence electrons. The molecule has 3 aromatic rings. The maximum absolute atomic E-state index is 12.5. The molecule has 9 heteroatoms. The second-order valence-corrected chi connectivity index (χ2v) is 7.35. The van der Waals surface area contributed by atoms with Crippen molar-refractivity contribution >= 4 is 5.91 Å². The fraction of sp³-hybridized carbons (Fsp3) is 0.273. The van der Waals surface area contributed by atoms with Gasteiger partial charge in [-0.2, -0.15) is 0 Å². The summed E-state index contributed by atoms with van der Waals surface area (Å²) in [6, 6.07) is 9.49. The van der Waals surface area contributed by atoms with Crippen LogP contribution < -0.4 is 16.2 Å². The molecule has 0 radical (unpaired) electrons. The van der Waals surface area contributed by atoms with Gasteiger partial charge in [0.2, 0.25) is 5.75 Å². The van der Waals surface area contributed by atoms with Gasteiger partial charge >= 0.3 is 0 Å². The van der Waals surface area contributed by atoms with Gasteiger partial charge in [0, 0.05) is 48.6 Å². The van der Waals surface area contributed by atoms with Crippen LogP contribution in [0.5, 0.6) is 5.75 Å². The van der Waals surface area contributed by atoms with Crippen molar-refractivity contribution in [2.75, 3.05) is 19.8 Å². The Labute approximate surface area is 177 Å². The predicted octanol–water partition coefficient (Wildman–Crippen LogP) is 1.67. The molecule has 1 aromatic carbocycles. The second kappa shape index (κ2) is 9.05. The van der Waals surface area contributed by atoms with E-state index in [1.807, 2.05) is 30.3 Å². The van der Waals surface area contributed by atoms with E-state index >= 15 is 0 Å². The fourth-order valence-corrected chi connectivity index (χ4v) is 3.69. The zero-order valence-electron chi connectivity index (χ0n) is 16.7. The van der Waals surface area contributed by atoms with Gasteiger partial charge in [-0.05, 0) is 35.7 Å². The Bertz CT molecular complexity index is 1150. The number of alkyl halides is 1. The number of hydrogen-bond donors (Lipinski definition) is 4. The number of hydrogen-bond acceptors (Lipinski definition) is 6. The zero-order chi connectivity index (χ0) is 21.8. The fourth-order valence-electron chi connectivity index (χ4n) is 3.69. The zero-order valence-corrected chi connectivity index (χ0v) is 16.7. The Morgan fingerprint density at radius 2 is 2.00 bits per heavy atom. The normalized spacial score (nSPS) is 13.6. The van der Waals surface area contributed by atoms with Crippen molar-refractivity contribution in [1.29, 1.82) is 0 Å². The minimum absolute atomic E-state index is 0.0564. The molecule has 0 spiro atoms. The third kappa shape index (κ3) is 4.46. The van der Waals surface area contributed by atoms with Gasteiger partial charge in [-0.15, -0.1) is 0 Å². The van der Waals surface area contributed by atoms with Crippen LogP contribution in [0.2, 0.25) is 0 Å². The van der Waals surface area contributed by atoms with Crippen molar-refractivity contribution in [2.45, 2.75) is 18.9 Å². The van der Waals surface area contributed by atoms with Crippen LogP contribution in [0.4, 0.5) is 4.39 Å². The Morgan fingerprint density at radius 3 is 2.77 bits per heavy atom. The summed E-state index contributed by atoms with van der Waals surface area (Å²) in [6.45, 7) is 0.510. The first kappa shape index (κ1) is 20.7. The highest BCUT2D eigenvalue weighted by Crippen LogP contribution is 2.26. The number of nitrogens with zero attached hydrogens (tertiary/aromatic N) is 2. The van der Waals surface area contributed by atoms with Crippen LogP contribution in [-0.2, 0) is 13.0 Å². The van der Waals surface area contributed by atoms with Crippen LogP contribution in [0.1, 0.15) is 33.2 Å². The van der Waals surface area contributed by atoms with E-state index in [1.54, 1.807) is 6.20 Å². The molecule has 0 aliphatic carbocycles. The minimum Gasteiger partial charge on any atom is -0.502 e. The largest absolute Gasteiger partial charge is 0.502 e. The molecular weight excluding hydrogens is 401 g/mol. The lowest BCUT2D eigenvalue weighted by molar-refractivity contribution is 0.0965. The summed E-state index contributed by atoms with van der Waals surface area (Å²) in [7, 11) is 0. The number of nitrogens with one attached hydrogen (secondary N) is 3. The number of benzene rings is 1. The monoisotopic (exact) mass is 423 g/mol. The number of aromatic nitrogens is 3. The molecule has 1 unspecified atom stereocenters. The lowest BCUT2D eigenvalue weighted by Crippen LogP contribution is -2.27. The predicted molar refractivity (Wildman–Crippen MR) is 113 cm³/mol. The third-order valence-electron chi connectivity index (χ3n) is 5.31. The number of H-pyrrole nitrogens is 1. The van der Waals surface area contributed by atoms with Crippen LogP contribution in [0.15, 0.2) is 47.7 Å². The molecule has 0 bridgehead atoms. The van der Waals surface area contributed by atoms with E-state index in [9.17, 15) is 19.1 Å². The minimum atomic E-state index is -0.617. The summed E-state index contributed by atoms with van der Waals surface area (Å²) in [5.74, 6) is -0.851. The van der Waals surface area contributed by atoms with Crippen LogP contribution in [-0.4, -0.2) is 45.7 Å². The molecule has 0 fully saturated rings. The lowest BCUT2D eigenvalue weighted by atomic mass is 9.96. The maximum atomic E-state index is 12.5. The lowest BCUT2D eigenvalue weighted by Gasteiger charge is -2.17. The Balaban J connectivity index is 1.54. The summed E-state index contributed by atoms with van der Waals surface area (Å²) >= 11 is 0. The van der Waals surface area contributed by atoms with Gasteiger partial charge in [0.15, 0.2) is 0 Å². The highest BCUT2D eigenvalue weighted by atomic mass is 19.1. The van der Waals surface area contributed by atoms with Crippen LogP contribution in [0.25, 0.3) is 11.1 Å². The van der Waals surface area contributed by atoms with E-state index in [4.69, 9.17) is 0 Å². The third-order valence-corrected chi connectivity index (χ3v) is 5.31. The second-order valence-electron chi connectivity index (χ2n) is 7.35. The van der Waals surface area contributed by atoms with Gasteiger partial charge in [0.1, 0.15) is 6.67 Å². The molecule has 0 saturated heterocycles. The molecule has 8 nitrogen and oxygen atoms in total. The Morgan fingerprint density at radius 1 is 1.16 bits per heavy atom. The molecule has 1 amide bonds. The van der Waals surface area contributed by atoms with Crippen molar-refractivity contribution in [2.24, 2.45) is 0 Å². The van der Waals surface area contributed by atoms with Gasteiger partial charge in [-0.1, -0.05) is 12.1 Å². The molecule has 4 N–H and O–H groups in total. The number of rotatable bonds is 8. The average Bonchev–Trinajstić information content (AvgIpc) is 3.16. The Hall–Kier alpha value is -3.59. The van der Waals surface area contributed by atoms with E-state index in [2.05, 4.69) is 25.6 Å². The quantitative estimate of drug-likeness (QED) is 0.409. The van der Waals surface area contributed by atoms with Gasteiger partial charge in [-0.25, -0.2) is 9.37 Å². The summed E-state index contributed by atoms with van der Waals surface area (Å²) in [5, 5.41) is 15.9. The number of pyridine rings is 1. The molecule has 4 rings (SSSR count). The van der Waals surface area contributed by atoms with Crippen molar-refractivity contribution in [3.63, 3.8) is 0 Å². The van der Waals surface area contributed by atoms with Gasteiger partial charge in [0.05, 0.1) is 12.0 Å². The van der Waals surface area contributed by atoms with E-state index in [1.165, 1.54) is 6.33 Å². The maximum Gasteiger partial charge on any atom is 0.293 e. The van der Waals surface area contributed by atoms with Crippen molar-refractivity contribution < 1.29 is 14.3 Å². The molecule has 1 aliphatic heterocycles. The van der Waals surface area contributed by atoms with Crippen LogP contribution in [0, 0.1) is 0 Å². The van der Waals surface area contributed by atoms with Gasteiger partial charge < -0.3 is 20.7 Å². The van der Waals surface area contributed by atoms with E-state index in [0.717, 1.165) is 22.4 Å². The number of halogens is 1. The number of carbonyl (C=O) groups is 1. The topological polar surface area (TPSA) is 120 Å². The SMILES string of the molecule is O=C1NCc2cc(-c3ccc(CC(CNCCF)c4nc[nH]c(=O)c4O)nc3)ccc21. The van der Waals surface area contributed by atoms with Gasteiger partial charge in [0.25, 0.3) is 11.5 Å². The van der Waals surface area contributed by atoms with Crippen molar-refractivity contribution in [1.82, 2.24) is 25.6 Å². The van der Waals surface area contributed by atoms with Gasteiger partial charge in [-0.3, -0.25) is 14.6 Å². The number of carbonyl (C=O) groups excluding carboxylic acids is 1. The summed E-state index contributed by atoms with van der Waals surface area (Å²) in [6.07, 6.45) is 3.40. The molecular formula is C22H22FN5O3. The van der Waals surface area contributed by atoms with Crippen LogP contribution in [0.3, 0.4) is 0 Å². The van der Waals surface area contributed by atoms with E-state index < -0.39 is 18.0 Å². The first-order valence-corrected chi connectivity index (χ1v) is 9.96. The molecule has 1 atom stereocenters. The average molecular weight is 423 g/mol. The summed E-state index contributed by atoms with van der Waals surface area (Å²) in [4.78, 5) is 34.5. The van der Waals surface area contributed by atoms with Crippen molar-refractivity contribution in [3.05, 3.63) is 75.7 Å². The molecule has 0 saturated carbocycles. The standard InChI is InChI=1S/C22H22FN5O3/c23-5-6-24-9-16(19-20(29)22(31)28-12-27-19)8-17-3-1-14(10-25-17)13-2-4-18-15(7-13)11-26-21(18)30/h1-4,7,10,12,16,24,29H,5-6,8-9,11H2,(H,26,30)(H,27,28,31). The van der Waals surface area contributed by atoms with Crippen LogP contribution >= 0.6 is 0 Å².